The highest BCUT2D eigenvalue weighted by molar-refractivity contribution is 5.83. The molecule has 5 heteroatoms. The Labute approximate surface area is 109 Å². The number of carboxylic acid groups (broad SMARTS) is 1. The molecule has 0 bridgehead atoms. The minimum Gasteiger partial charge on any atom is -0.480 e. The average molecular weight is 256 g/mol. The highest BCUT2D eigenvalue weighted by Crippen LogP contribution is 2.19. The van der Waals surface area contributed by atoms with Gasteiger partial charge in [0.05, 0.1) is 0 Å². The molecule has 0 spiro atoms. The predicted molar refractivity (Wildman–Crippen MR) is 71.5 cm³/mol. The van der Waals surface area contributed by atoms with Gasteiger partial charge in [-0.25, -0.2) is 9.59 Å². The molecular formula is C13H24N2O3. The zero-order valence-corrected chi connectivity index (χ0v) is 11.7. The largest absolute Gasteiger partial charge is 0.480 e. The van der Waals surface area contributed by atoms with Crippen LogP contribution in [0, 0.1) is 5.41 Å². The van der Waals surface area contributed by atoms with Crippen molar-refractivity contribution < 1.29 is 14.7 Å². The van der Waals surface area contributed by atoms with E-state index in [0.717, 1.165) is 6.42 Å². The minimum atomic E-state index is -1.02. The third-order valence-electron chi connectivity index (χ3n) is 2.51. The molecule has 0 aliphatic rings. The lowest BCUT2D eigenvalue weighted by molar-refractivity contribution is -0.142. The van der Waals surface area contributed by atoms with Gasteiger partial charge in [-0.05, 0) is 11.8 Å². The molecule has 5 nitrogen and oxygen atoms in total. The van der Waals surface area contributed by atoms with Crippen LogP contribution in [0.25, 0.3) is 0 Å². The van der Waals surface area contributed by atoms with Crippen LogP contribution in [0.5, 0.6) is 0 Å². The van der Waals surface area contributed by atoms with Crippen LogP contribution in [0.1, 0.15) is 34.1 Å². The molecule has 0 unspecified atom stereocenters. The van der Waals surface area contributed by atoms with Gasteiger partial charge >= 0.3 is 12.0 Å². The Kier molecular flexibility index (Phi) is 6.44. The molecule has 0 aromatic carbocycles. The van der Waals surface area contributed by atoms with Crippen molar-refractivity contribution in [3.63, 3.8) is 0 Å². The fourth-order valence-corrected chi connectivity index (χ4v) is 1.56. The molecule has 0 rings (SSSR count). The fourth-order valence-electron chi connectivity index (χ4n) is 1.56. The minimum absolute atomic E-state index is 0.362. The summed E-state index contributed by atoms with van der Waals surface area (Å²) in [7, 11) is 0. The molecule has 0 aromatic heterocycles. The van der Waals surface area contributed by atoms with E-state index >= 15 is 0 Å². The average Bonchev–Trinajstić information content (AvgIpc) is 2.23. The maximum atomic E-state index is 12.0. The summed E-state index contributed by atoms with van der Waals surface area (Å²) in [6, 6.07) is -1.27. The summed E-state index contributed by atoms with van der Waals surface area (Å²) in [5, 5.41) is 11.7. The smallest absolute Gasteiger partial charge is 0.326 e. The van der Waals surface area contributed by atoms with Crippen LogP contribution in [0.4, 0.5) is 4.79 Å². The number of nitrogens with one attached hydrogen (secondary N) is 1. The normalized spacial score (nSPS) is 12.7. The molecule has 0 fully saturated rings. The van der Waals surface area contributed by atoms with E-state index in [1.54, 1.807) is 31.7 Å². The van der Waals surface area contributed by atoms with Gasteiger partial charge in [0.15, 0.2) is 0 Å². The van der Waals surface area contributed by atoms with Crippen LogP contribution in [-0.4, -0.2) is 41.1 Å². The van der Waals surface area contributed by atoms with E-state index in [1.165, 1.54) is 0 Å². The summed E-state index contributed by atoms with van der Waals surface area (Å²) in [5.41, 5.74) is -0.534. The van der Waals surface area contributed by atoms with E-state index < -0.39 is 17.4 Å². The Balaban J connectivity index is 4.76. The van der Waals surface area contributed by atoms with Crippen molar-refractivity contribution >= 4 is 12.0 Å². The molecule has 0 aliphatic heterocycles. The number of carbonyl (C=O) groups excluding carboxylic acids is 1. The van der Waals surface area contributed by atoms with Crippen molar-refractivity contribution in [3.8, 4) is 0 Å². The summed E-state index contributed by atoms with van der Waals surface area (Å²) in [6.45, 7) is 11.9. The van der Waals surface area contributed by atoms with Gasteiger partial charge in [0, 0.05) is 13.1 Å². The zero-order valence-electron chi connectivity index (χ0n) is 11.7. The number of carbonyl (C=O) groups is 2. The van der Waals surface area contributed by atoms with Gasteiger partial charge in [-0.2, -0.15) is 0 Å². The molecule has 0 saturated carbocycles. The molecule has 0 aromatic rings. The number of urea groups is 1. The third-order valence-corrected chi connectivity index (χ3v) is 2.51. The second kappa shape index (κ2) is 7.03. The Hall–Kier alpha value is -1.52. The number of amides is 2. The summed E-state index contributed by atoms with van der Waals surface area (Å²) >= 11 is 0. The van der Waals surface area contributed by atoms with Gasteiger partial charge in [0.1, 0.15) is 6.04 Å². The lowest BCUT2D eigenvalue weighted by Gasteiger charge is -2.30. The Bertz CT molecular complexity index is 308. The van der Waals surface area contributed by atoms with E-state index in [9.17, 15) is 9.59 Å². The first-order valence-electron chi connectivity index (χ1n) is 6.13. The van der Waals surface area contributed by atoms with Crippen LogP contribution in [0.15, 0.2) is 12.7 Å². The predicted octanol–water partition coefficient (Wildman–Crippen LogP) is 2.09. The van der Waals surface area contributed by atoms with Crippen molar-refractivity contribution in [3.05, 3.63) is 12.7 Å². The summed E-state index contributed by atoms with van der Waals surface area (Å²) in [4.78, 5) is 24.7. The summed E-state index contributed by atoms with van der Waals surface area (Å²) in [5.74, 6) is -1.02. The highest BCUT2D eigenvalue weighted by Gasteiger charge is 2.33. The second-order valence-electron chi connectivity index (χ2n) is 5.32. The van der Waals surface area contributed by atoms with Crippen LogP contribution in [0.3, 0.4) is 0 Å². The van der Waals surface area contributed by atoms with Gasteiger partial charge < -0.3 is 15.3 Å². The Morgan fingerprint density at radius 1 is 1.44 bits per heavy atom. The molecule has 0 radical (unpaired) electrons. The van der Waals surface area contributed by atoms with Crippen molar-refractivity contribution in [2.75, 3.05) is 13.1 Å². The molecular weight excluding hydrogens is 232 g/mol. The topological polar surface area (TPSA) is 69.6 Å². The van der Waals surface area contributed by atoms with Crippen molar-refractivity contribution in [1.82, 2.24) is 10.2 Å². The van der Waals surface area contributed by atoms with Crippen LogP contribution >= 0.6 is 0 Å². The first-order valence-corrected chi connectivity index (χ1v) is 6.13. The quantitative estimate of drug-likeness (QED) is 0.715. The first-order chi connectivity index (χ1) is 8.23. The standard InChI is InChI=1S/C13H24N2O3/c1-6-8-15(9-7-2)12(18)14-10(11(16)17)13(3,4)5/h6,10H,1,7-9H2,2-5H3,(H,14,18)(H,16,17)/t10-/m0/s1. The molecule has 1 atom stereocenters. The van der Waals surface area contributed by atoms with Crippen LogP contribution < -0.4 is 5.32 Å². The van der Waals surface area contributed by atoms with E-state index in [2.05, 4.69) is 11.9 Å². The second-order valence-corrected chi connectivity index (χ2v) is 5.32. The summed E-state index contributed by atoms with van der Waals surface area (Å²) in [6.07, 6.45) is 2.44. The van der Waals surface area contributed by atoms with E-state index in [4.69, 9.17) is 5.11 Å². The van der Waals surface area contributed by atoms with Gasteiger partial charge in [0.25, 0.3) is 0 Å². The number of carboxylic acids is 1. The number of hydrogen-bond donors (Lipinski definition) is 2. The number of aliphatic carboxylic acids is 1. The van der Waals surface area contributed by atoms with Gasteiger partial charge in [-0.3, -0.25) is 0 Å². The zero-order chi connectivity index (χ0) is 14.3. The number of hydrogen-bond acceptors (Lipinski definition) is 2. The fraction of sp³-hybridized carbons (Fsp3) is 0.692. The summed E-state index contributed by atoms with van der Waals surface area (Å²) < 4.78 is 0. The van der Waals surface area contributed by atoms with Crippen LogP contribution in [-0.2, 0) is 4.79 Å². The molecule has 18 heavy (non-hydrogen) atoms. The first kappa shape index (κ1) is 16.5. The van der Waals surface area contributed by atoms with E-state index in [0.29, 0.717) is 13.1 Å². The molecule has 0 saturated heterocycles. The van der Waals surface area contributed by atoms with Crippen molar-refractivity contribution in [2.45, 2.75) is 40.2 Å². The number of rotatable bonds is 6. The van der Waals surface area contributed by atoms with Gasteiger partial charge in [-0.1, -0.05) is 33.8 Å². The lowest BCUT2D eigenvalue weighted by atomic mass is 9.87. The number of nitrogens with zero attached hydrogens (tertiary/aromatic N) is 1. The Morgan fingerprint density at radius 2 is 2.00 bits per heavy atom. The van der Waals surface area contributed by atoms with E-state index in [1.807, 2.05) is 6.92 Å². The van der Waals surface area contributed by atoms with Crippen molar-refractivity contribution in [1.29, 1.82) is 0 Å². The Morgan fingerprint density at radius 3 is 2.33 bits per heavy atom. The van der Waals surface area contributed by atoms with Gasteiger partial charge in [-0.15, -0.1) is 6.58 Å². The highest BCUT2D eigenvalue weighted by atomic mass is 16.4. The van der Waals surface area contributed by atoms with Crippen molar-refractivity contribution in [2.24, 2.45) is 5.41 Å². The SMILES string of the molecule is C=CCN(CCC)C(=O)N[C@@H](C(=O)O)C(C)(C)C. The monoisotopic (exact) mass is 256 g/mol. The third kappa shape index (κ3) is 5.21. The molecule has 2 amide bonds. The van der Waals surface area contributed by atoms with Crippen LogP contribution in [0.2, 0.25) is 0 Å². The van der Waals surface area contributed by atoms with Gasteiger partial charge in [0.2, 0.25) is 0 Å². The maximum Gasteiger partial charge on any atom is 0.326 e. The molecule has 2 N–H and O–H groups in total. The molecule has 0 heterocycles. The molecule has 104 valence electrons. The van der Waals surface area contributed by atoms with E-state index in [-0.39, 0.29) is 6.03 Å². The molecule has 0 aliphatic carbocycles. The lowest BCUT2D eigenvalue weighted by Crippen LogP contribution is -2.53. The maximum absolute atomic E-state index is 12.0.